The molecule has 2 aromatic heterocycles. The van der Waals surface area contributed by atoms with Crippen molar-refractivity contribution in [2.45, 2.75) is 78.6 Å². The number of para-hydroxylation sites is 2. The Morgan fingerprint density at radius 3 is 1.47 bits per heavy atom. The van der Waals surface area contributed by atoms with Crippen molar-refractivity contribution >= 4 is 132 Å². The Balaban J connectivity index is 1.07. The van der Waals surface area contributed by atoms with Gasteiger partial charge in [0.25, 0.3) is 6.71 Å². The Morgan fingerprint density at radius 1 is 0.382 bits per heavy atom. The fraction of sp³-hybridized carbons (Fsp3) is 0.143. The summed E-state index contributed by atoms with van der Waals surface area (Å²) in [5.41, 5.74) is 19.2. The zero-order valence-electron chi connectivity index (χ0n) is 54.8. The minimum Gasteiger partial charge on any atom is -0.311 e. The maximum Gasteiger partial charge on any atom is 0.264 e. The molecule has 3 nitrogen and oxygen atoms in total. The number of fused-ring (bicyclic) bond motifs is 9. The highest BCUT2D eigenvalue weighted by molar-refractivity contribution is 7.33. The van der Waals surface area contributed by atoms with Gasteiger partial charge in [-0.25, -0.2) is 0 Å². The average molecular weight is 1170 g/mol. The second-order valence-corrected chi connectivity index (χ2v) is 28.9. The third kappa shape index (κ3) is 8.17. The Hall–Kier alpha value is -9.68. The molecular weight excluding hydrogens is 1090 g/mol. The number of aromatic nitrogens is 1. The lowest BCUT2D eigenvalue weighted by molar-refractivity contribution is 0.590. The van der Waals surface area contributed by atoms with Crippen molar-refractivity contribution in [3.05, 3.63) is 265 Å². The zero-order chi connectivity index (χ0) is 63.0. The van der Waals surface area contributed by atoms with Gasteiger partial charge in [-0.1, -0.05) is 250 Å². The van der Waals surface area contributed by atoms with Gasteiger partial charge < -0.3 is 14.4 Å². The highest BCUT2D eigenvalue weighted by Gasteiger charge is 2.47. The summed E-state index contributed by atoms with van der Waals surface area (Å²) in [7, 11) is 0. The average Bonchev–Trinajstić information content (AvgIpc) is 1.15. The molecule has 2 aliphatic rings. The standard InChI is InChI=1S/C84H68BN3S/c1-82(2,3)56-37-42-65-75(49-56)89-81-80(65)88(79-66(52-25-15-11-16-26-52)45-57(83(4,5)6)46-67(79)53-27-17-12-18-28-53)74-48-58(84(7,8)9)47-73-78(74)85(81)68-43-38-59(86-69-31-21-19-29-61(69)62-30-20-22-32-70(62)86)50-72(68)87(73)71-44-36-55-34-40-63-60(51-23-13-10-14-24-51)39-33-54-35-41-64(71)77(55)76(54)63/h10-50H,1-9H3/i38D,43D,50D. The number of nitrogens with zero attached hydrogens (tertiary/aromatic N) is 3. The molecule has 4 heterocycles. The summed E-state index contributed by atoms with van der Waals surface area (Å²) in [6.45, 7) is 20.2. The van der Waals surface area contributed by atoms with E-state index in [1.165, 1.54) is 27.5 Å². The number of anilines is 6. The fourth-order valence-electron chi connectivity index (χ4n) is 14.7. The summed E-state index contributed by atoms with van der Waals surface area (Å²) < 4.78 is 37.5. The monoisotopic (exact) mass is 1160 g/mol. The van der Waals surface area contributed by atoms with E-state index < -0.39 is 6.71 Å². The van der Waals surface area contributed by atoms with Crippen LogP contribution < -0.4 is 25.5 Å². The predicted molar refractivity (Wildman–Crippen MR) is 386 cm³/mol. The smallest absolute Gasteiger partial charge is 0.264 e. The minimum absolute atomic E-state index is 0.0240. The van der Waals surface area contributed by atoms with Gasteiger partial charge in [0.1, 0.15) is 0 Å². The molecule has 0 fully saturated rings. The molecule has 0 aliphatic carbocycles. The number of benzene rings is 13. The van der Waals surface area contributed by atoms with Crippen molar-refractivity contribution in [1.29, 1.82) is 0 Å². The molecule has 0 amide bonds. The van der Waals surface area contributed by atoms with Gasteiger partial charge in [-0.15, -0.1) is 11.3 Å². The molecule has 0 saturated heterocycles. The predicted octanol–water partition coefficient (Wildman–Crippen LogP) is 21.9. The highest BCUT2D eigenvalue weighted by Crippen LogP contribution is 2.56. The van der Waals surface area contributed by atoms with Gasteiger partial charge in [-0.3, -0.25) is 0 Å². The Kier molecular flexibility index (Phi) is 11.0. The van der Waals surface area contributed by atoms with Crippen molar-refractivity contribution in [1.82, 2.24) is 4.57 Å². The summed E-state index contributed by atoms with van der Waals surface area (Å²) >= 11 is 1.81. The van der Waals surface area contributed by atoms with Crippen molar-refractivity contribution < 1.29 is 4.11 Å². The largest absolute Gasteiger partial charge is 0.311 e. The first kappa shape index (κ1) is 50.3. The van der Waals surface area contributed by atoms with Crippen LogP contribution in [0.25, 0.3) is 103 Å². The number of hydrogen-bond acceptors (Lipinski definition) is 3. The molecule has 15 aromatic rings. The third-order valence-electron chi connectivity index (χ3n) is 19.3. The second kappa shape index (κ2) is 19.4. The van der Waals surface area contributed by atoms with Crippen LogP contribution >= 0.6 is 11.3 Å². The van der Waals surface area contributed by atoms with E-state index in [-0.39, 0.29) is 34.4 Å². The lowest BCUT2D eigenvalue weighted by Crippen LogP contribution is -2.60. The maximum atomic E-state index is 11.4. The molecule has 0 N–H and O–H groups in total. The van der Waals surface area contributed by atoms with Crippen LogP contribution in [0.4, 0.5) is 34.1 Å². The third-order valence-corrected chi connectivity index (χ3v) is 20.5. The number of rotatable bonds is 6. The van der Waals surface area contributed by atoms with E-state index in [9.17, 15) is 4.11 Å². The van der Waals surface area contributed by atoms with Crippen molar-refractivity contribution in [3.63, 3.8) is 0 Å². The quantitative estimate of drug-likeness (QED) is 0.121. The van der Waals surface area contributed by atoms with Crippen LogP contribution in [-0.2, 0) is 16.2 Å². The molecule has 0 radical (unpaired) electrons. The lowest BCUT2D eigenvalue weighted by atomic mass is 9.36. The van der Waals surface area contributed by atoms with Gasteiger partial charge >= 0.3 is 0 Å². The van der Waals surface area contributed by atoms with E-state index in [0.29, 0.717) is 16.8 Å². The van der Waals surface area contributed by atoms with Crippen LogP contribution in [0.1, 0.15) is 83.1 Å². The van der Waals surface area contributed by atoms with Crippen molar-refractivity contribution in [2.75, 3.05) is 9.80 Å². The lowest BCUT2D eigenvalue weighted by Gasteiger charge is -2.45. The molecular formula is C84H68BN3S. The van der Waals surface area contributed by atoms with E-state index in [0.717, 1.165) is 125 Å². The molecule has 428 valence electrons. The Morgan fingerprint density at radius 2 is 0.876 bits per heavy atom. The van der Waals surface area contributed by atoms with Gasteiger partial charge in [0.2, 0.25) is 0 Å². The molecule has 17 rings (SSSR count). The van der Waals surface area contributed by atoms with E-state index in [1.807, 2.05) is 23.5 Å². The van der Waals surface area contributed by atoms with Crippen LogP contribution in [0.2, 0.25) is 0 Å². The van der Waals surface area contributed by atoms with Gasteiger partial charge in [-0.05, 0) is 154 Å². The summed E-state index contributed by atoms with van der Waals surface area (Å²) in [6, 6.07) is 84.7. The maximum absolute atomic E-state index is 11.4. The Bertz CT molecular complexity index is 5460. The fourth-order valence-corrected chi connectivity index (χ4v) is 16.1. The molecule has 0 bridgehead atoms. The molecule has 0 unspecified atom stereocenters. The van der Waals surface area contributed by atoms with E-state index in [1.54, 1.807) is 0 Å². The van der Waals surface area contributed by atoms with Crippen molar-refractivity contribution in [2.24, 2.45) is 0 Å². The summed E-state index contributed by atoms with van der Waals surface area (Å²) in [5.74, 6) is 0. The van der Waals surface area contributed by atoms with Gasteiger partial charge in [0, 0.05) is 64.9 Å². The first-order chi connectivity index (χ1) is 44.3. The normalized spacial score (nSPS) is 13.9. The van der Waals surface area contributed by atoms with Crippen LogP contribution in [-0.4, -0.2) is 11.3 Å². The van der Waals surface area contributed by atoms with E-state index in [2.05, 4.69) is 295 Å². The molecule has 5 heteroatoms. The molecule has 13 aromatic carbocycles. The Labute approximate surface area is 530 Å². The molecule has 0 saturated carbocycles. The minimum atomic E-state index is -0.558. The molecule has 89 heavy (non-hydrogen) atoms. The summed E-state index contributed by atoms with van der Waals surface area (Å²) in [4.78, 5) is 5.01. The molecule has 0 atom stereocenters. The second-order valence-electron chi connectivity index (χ2n) is 27.8. The first-order valence-corrected chi connectivity index (χ1v) is 32.2. The van der Waals surface area contributed by atoms with Crippen LogP contribution in [0.5, 0.6) is 0 Å². The SMILES string of the molecule is [2H]c1c([2H])c(-n2c3ccccc3c3ccccc32)c([2H])c2c1B1c3sc4cc(C(C)(C)C)ccc4c3N(c3c(-c4ccccc4)cc(C(C)(C)C)cc3-c3ccccc3)c3cc(C(C)(C)C)cc(c31)N2c1ccc2ccc3c(-c4ccccc4)ccc4ccc1c2c43. The molecule has 0 spiro atoms. The number of hydrogen-bond donors (Lipinski definition) is 0. The summed E-state index contributed by atoms with van der Waals surface area (Å²) in [6.07, 6.45) is 0. The van der Waals surface area contributed by atoms with E-state index >= 15 is 0 Å². The van der Waals surface area contributed by atoms with E-state index in [4.69, 9.17) is 0 Å². The topological polar surface area (TPSA) is 11.4 Å². The zero-order valence-corrected chi connectivity index (χ0v) is 52.6. The first-order valence-electron chi connectivity index (χ1n) is 32.9. The highest BCUT2D eigenvalue weighted by atomic mass is 32.1. The van der Waals surface area contributed by atoms with Crippen LogP contribution in [0, 0.1) is 0 Å². The van der Waals surface area contributed by atoms with Gasteiger partial charge in [-0.2, -0.15) is 0 Å². The van der Waals surface area contributed by atoms with Crippen molar-refractivity contribution in [3.8, 4) is 39.1 Å². The molecule has 2 aliphatic heterocycles. The summed E-state index contributed by atoms with van der Waals surface area (Å²) in [5, 5.41) is 10.1. The van der Waals surface area contributed by atoms with Gasteiger partial charge in [0.15, 0.2) is 0 Å². The van der Waals surface area contributed by atoms with Gasteiger partial charge in [0.05, 0.1) is 32.2 Å². The number of thiophene rings is 1. The van der Waals surface area contributed by atoms with Crippen LogP contribution in [0.15, 0.2) is 249 Å². The van der Waals surface area contributed by atoms with Crippen LogP contribution in [0.3, 0.4) is 0 Å².